The minimum atomic E-state index is 0.694. The van der Waals surface area contributed by atoms with Gasteiger partial charge in [0, 0.05) is 0 Å². The molecule has 1 saturated heterocycles. The summed E-state index contributed by atoms with van der Waals surface area (Å²) in [7, 11) is 0. The van der Waals surface area contributed by atoms with Gasteiger partial charge in [0.15, 0.2) is 0 Å². The van der Waals surface area contributed by atoms with Crippen LogP contribution in [-0.4, -0.2) is 13.1 Å². The molecular formula is C34H43N. The predicted molar refractivity (Wildman–Crippen MR) is 149 cm³/mol. The van der Waals surface area contributed by atoms with Crippen LogP contribution in [-0.2, 0) is 0 Å². The average Bonchev–Trinajstić information content (AvgIpc) is 3.63. The lowest BCUT2D eigenvalue weighted by molar-refractivity contribution is 0.296. The Morgan fingerprint density at radius 3 is 1.89 bits per heavy atom. The lowest BCUT2D eigenvalue weighted by Gasteiger charge is -2.29. The van der Waals surface area contributed by atoms with Gasteiger partial charge < -0.3 is 5.32 Å². The lowest BCUT2D eigenvalue weighted by Crippen LogP contribution is -2.31. The standard InChI is InChI=1S/C34H43N/c1-23(2)3-8-31-19-28-16-29-21-33(34(22-29)30-9-11-35-12-10-30)18-27-7-5-25(15-27)13-24-4-6-26(14-24)17-32(31)20-28/h13-18,20-21,23,30-31,34-35H,3-12,19,22H2,1-2H3/b24-13?,25-13-,26-17-,27-18?,28-16-,29-16?,32-17?,33-18+/t31-,34-/m0/s1. The molecule has 0 aromatic carbocycles. The normalized spacial score (nSPS) is 34.7. The number of nitrogens with one attached hydrogen (secondary N) is 1. The third-order valence-electron chi connectivity index (χ3n) is 9.18. The van der Waals surface area contributed by atoms with Gasteiger partial charge >= 0.3 is 0 Å². The van der Waals surface area contributed by atoms with E-state index in [1.165, 1.54) is 88.4 Å². The van der Waals surface area contributed by atoms with Gasteiger partial charge in [-0.3, -0.25) is 0 Å². The first-order valence-corrected chi connectivity index (χ1v) is 14.5. The van der Waals surface area contributed by atoms with E-state index < -0.39 is 0 Å². The molecule has 1 N–H and O–H groups in total. The van der Waals surface area contributed by atoms with Gasteiger partial charge in [-0.2, -0.15) is 0 Å². The van der Waals surface area contributed by atoms with Crippen LogP contribution in [0.1, 0.15) is 78.1 Å². The molecule has 1 nitrogen and oxygen atoms in total. The Balaban J connectivity index is 1.38. The summed E-state index contributed by atoms with van der Waals surface area (Å²) in [6.45, 7) is 7.12. The van der Waals surface area contributed by atoms with Gasteiger partial charge in [0.1, 0.15) is 0 Å². The molecule has 0 unspecified atom stereocenters. The van der Waals surface area contributed by atoms with Crippen molar-refractivity contribution in [1.29, 1.82) is 0 Å². The minimum absolute atomic E-state index is 0.694. The van der Waals surface area contributed by atoms with E-state index in [-0.39, 0.29) is 0 Å². The summed E-state index contributed by atoms with van der Waals surface area (Å²) in [4.78, 5) is 0. The molecular weight excluding hydrogens is 422 g/mol. The van der Waals surface area contributed by atoms with E-state index in [9.17, 15) is 0 Å². The second kappa shape index (κ2) is 10.1. The van der Waals surface area contributed by atoms with E-state index >= 15 is 0 Å². The number of piperidine rings is 1. The number of fused-ring (bicyclic) bond motifs is 4. The predicted octanol–water partition coefficient (Wildman–Crippen LogP) is 8.47. The minimum Gasteiger partial charge on any atom is -0.317 e. The van der Waals surface area contributed by atoms with Gasteiger partial charge in [-0.05, 0) is 139 Å². The Labute approximate surface area is 213 Å². The van der Waals surface area contributed by atoms with Crippen LogP contribution in [0.25, 0.3) is 0 Å². The molecule has 35 heavy (non-hydrogen) atoms. The summed E-state index contributed by atoms with van der Waals surface area (Å²) in [6.07, 6.45) is 32.9. The van der Waals surface area contributed by atoms with Crippen LogP contribution < -0.4 is 5.32 Å². The van der Waals surface area contributed by atoms with Crippen LogP contribution in [0.2, 0.25) is 0 Å². The number of allylic oxidation sites excluding steroid dienone is 16. The molecule has 5 aliphatic carbocycles. The zero-order chi connectivity index (χ0) is 23.8. The van der Waals surface area contributed by atoms with Crippen LogP contribution in [0.5, 0.6) is 0 Å². The van der Waals surface area contributed by atoms with E-state index in [1.54, 1.807) is 33.4 Å². The highest BCUT2D eigenvalue weighted by Gasteiger charge is 2.31. The van der Waals surface area contributed by atoms with Crippen LogP contribution >= 0.6 is 0 Å². The molecule has 1 fully saturated rings. The van der Waals surface area contributed by atoms with Gasteiger partial charge in [-0.15, -0.1) is 0 Å². The van der Waals surface area contributed by atoms with Crippen molar-refractivity contribution >= 4 is 0 Å². The van der Waals surface area contributed by atoms with Gasteiger partial charge in [-0.1, -0.05) is 68.9 Å². The highest BCUT2D eigenvalue weighted by molar-refractivity contribution is 5.52. The summed E-state index contributed by atoms with van der Waals surface area (Å²) < 4.78 is 0. The summed E-state index contributed by atoms with van der Waals surface area (Å²) in [5, 5.41) is 3.59. The van der Waals surface area contributed by atoms with Crippen molar-refractivity contribution in [3.8, 4) is 0 Å². The van der Waals surface area contributed by atoms with Crippen LogP contribution in [0.3, 0.4) is 0 Å². The molecule has 0 spiro atoms. The molecule has 0 radical (unpaired) electrons. The molecule has 6 rings (SSSR count). The van der Waals surface area contributed by atoms with E-state index in [4.69, 9.17) is 0 Å². The van der Waals surface area contributed by atoms with Crippen LogP contribution in [0.15, 0.2) is 93.2 Å². The molecule has 184 valence electrons. The van der Waals surface area contributed by atoms with Crippen molar-refractivity contribution in [3.05, 3.63) is 93.2 Å². The van der Waals surface area contributed by atoms with Gasteiger partial charge in [0.2, 0.25) is 0 Å². The third kappa shape index (κ3) is 5.36. The van der Waals surface area contributed by atoms with Crippen LogP contribution in [0.4, 0.5) is 0 Å². The quantitative estimate of drug-likeness (QED) is 0.439. The van der Waals surface area contributed by atoms with Crippen molar-refractivity contribution in [1.82, 2.24) is 5.32 Å². The largest absolute Gasteiger partial charge is 0.317 e. The van der Waals surface area contributed by atoms with Crippen molar-refractivity contribution in [2.75, 3.05) is 13.1 Å². The van der Waals surface area contributed by atoms with Crippen molar-refractivity contribution in [2.24, 2.45) is 23.7 Å². The van der Waals surface area contributed by atoms with Gasteiger partial charge in [-0.25, -0.2) is 0 Å². The van der Waals surface area contributed by atoms with Crippen LogP contribution in [0, 0.1) is 23.7 Å². The van der Waals surface area contributed by atoms with Crippen molar-refractivity contribution in [3.63, 3.8) is 0 Å². The topological polar surface area (TPSA) is 12.0 Å². The Kier molecular flexibility index (Phi) is 6.72. The second-order valence-corrected chi connectivity index (χ2v) is 12.4. The SMILES string of the molecule is CC(C)CC[C@H]1C/C2=C/C3=CC(=C\C4=CC(=C\C5=CC(=C\C1=C2)/CC5)/CC4)/[C@H](C1CCNCC1)C3. The second-order valence-electron chi connectivity index (χ2n) is 12.4. The molecule has 2 atom stereocenters. The highest BCUT2D eigenvalue weighted by Crippen LogP contribution is 2.44. The zero-order valence-corrected chi connectivity index (χ0v) is 21.9. The first-order chi connectivity index (χ1) is 17.1. The van der Waals surface area contributed by atoms with E-state index in [0.717, 1.165) is 11.8 Å². The smallest absolute Gasteiger partial charge is 0.00460 e. The van der Waals surface area contributed by atoms with Gasteiger partial charge in [0.05, 0.1) is 0 Å². The molecule has 0 aromatic rings. The fourth-order valence-corrected chi connectivity index (χ4v) is 7.25. The fraction of sp³-hybridized carbons (Fsp3) is 0.529. The first kappa shape index (κ1) is 23.3. The molecule has 0 saturated carbocycles. The van der Waals surface area contributed by atoms with E-state index in [1.807, 2.05) is 0 Å². The maximum absolute atomic E-state index is 3.59. The van der Waals surface area contributed by atoms with E-state index in [2.05, 4.69) is 67.8 Å². The maximum atomic E-state index is 3.59. The highest BCUT2D eigenvalue weighted by atomic mass is 14.9. The molecule has 1 heteroatoms. The molecule has 1 aliphatic heterocycles. The zero-order valence-electron chi connectivity index (χ0n) is 21.9. The maximum Gasteiger partial charge on any atom is -0.00460 e. The molecule has 1 heterocycles. The van der Waals surface area contributed by atoms with E-state index in [0.29, 0.717) is 11.8 Å². The van der Waals surface area contributed by atoms with Gasteiger partial charge in [0.25, 0.3) is 0 Å². The summed E-state index contributed by atoms with van der Waals surface area (Å²) in [5.41, 5.74) is 12.5. The number of hydrogen-bond acceptors (Lipinski definition) is 1. The van der Waals surface area contributed by atoms with Crippen molar-refractivity contribution < 1.29 is 0 Å². The monoisotopic (exact) mass is 465 g/mol. The first-order valence-electron chi connectivity index (χ1n) is 14.5. The molecule has 0 amide bonds. The average molecular weight is 466 g/mol. The summed E-state index contributed by atoms with van der Waals surface area (Å²) >= 11 is 0. The molecule has 6 aliphatic rings. The molecule has 0 aromatic heterocycles. The Morgan fingerprint density at radius 2 is 1.20 bits per heavy atom. The fourth-order valence-electron chi connectivity index (χ4n) is 7.25. The summed E-state index contributed by atoms with van der Waals surface area (Å²) in [5.74, 6) is 3.01. The number of rotatable bonds is 4. The number of hydrogen-bond donors (Lipinski definition) is 1. The molecule has 8 bridgehead atoms. The lowest BCUT2D eigenvalue weighted by atomic mass is 9.80. The van der Waals surface area contributed by atoms with Crippen molar-refractivity contribution in [2.45, 2.75) is 78.1 Å². The summed E-state index contributed by atoms with van der Waals surface area (Å²) in [6, 6.07) is 0. The Bertz CT molecular complexity index is 1100. The Morgan fingerprint density at radius 1 is 0.657 bits per heavy atom. The third-order valence-corrected chi connectivity index (χ3v) is 9.18. The Hall–Kier alpha value is -2.12.